The van der Waals surface area contributed by atoms with Crippen molar-refractivity contribution in [1.29, 1.82) is 0 Å². The fourth-order valence-electron chi connectivity index (χ4n) is 5.46. The van der Waals surface area contributed by atoms with Crippen molar-refractivity contribution in [3.63, 3.8) is 0 Å². The molecule has 1 aromatic heterocycles. The van der Waals surface area contributed by atoms with E-state index in [9.17, 15) is 5.11 Å². The number of nitrogens with one attached hydrogen (secondary N) is 2. The Labute approximate surface area is 158 Å². The van der Waals surface area contributed by atoms with Crippen LogP contribution in [0.15, 0.2) is 24.3 Å². The molecule has 3 N–H and O–H groups in total. The van der Waals surface area contributed by atoms with Gasteiger partial charge in [-0.15, -0.1) is 0 Å². The van der Waals surface area contributed by atoms with E-state index in [0.29, 0.717) is 0 Å². The van der Waals surface area contributed by atoms with Crippen molar-refractivity contribution < 1.29 is 19.3 Å². The summed E-state index contributed by atoms with van der Waals surface area (Å²) >= 11 is 0. The number of benzene rings is 1. The van der Waals surface area contributed by atoms with E-state index < -0.39 is 24.3 Å². The fourth-order valence-corrected chi connectivity index (χ4v) is 5.46. The van der Waals surface area contributed by atoms with Crippen molar-refractivity contribution in [2.45, 2.75) is 75.0 Å². The van der Waals surface area contributed by atoms with Crippen LogP contribution in [0.2, 0.25) is 0 Å². The lowest BCUT2D eigenvalue weighted by Crippen LogP contribution is -2.45. The molecule has 1 saturated carbocycles. The minimum Gasteiger partial charge on any atom is -0.387 e. The molecule has 144 valence electrons. The van der Waals surface area contributed by atoms with Crippen LogP contribution in [0.3, 0.4) is 0 Å². The Kier molecular flexibility index (Phi) is 3.69. The molecule has 1 aromatic carbocycles. The summed E-state index contributed by atoms with van der Waals surface area (Å²) in [5, 5.41) is 15.8. The first-order valence-electron chi connectivity index (χ1n) is 10.3. The van der Waals surface area contributed by atoms with Gasteiger partial charge in [-0.1, -0.05) is 24.6 Å². The van der Waals surface area contributed by atoms with Crippen LogP contribution in [0.1, 0.15) is 49.4 Å². The quantitative estimate of drug-likeness (QED) is 0.719. The van der Waals surface area contributed by atoms with Crippen LogP contribution in [-0.4, -0.2) is 47.0 Å². The maximum Gasteiger partial charge on any atom is 0.190 e. The SMILES string of the molecule is O[C@@H]1[C@H]2OC3(CCCCC3)O[C@H]2O[C@@H]1C1NCCc2c1[nH]c1ccccc21. The smallest absolute Gasteiger partial charge is 0.190 e. The van der Waals surface area contributed by atoms with Crippen molar-refractivity contribution in [3.05, 3.63) is 35.5 Å². The van der Waals surface area contributed by atoms with Gasteiger partial charge in [0.05, 0.1) is 6.04 Å². The molecule has 0 radical (unpaired) electrons. The Bertz CT molecular complexity index is 859. The molecule has 6 heteroatoms. The lowest BCUT2D eigenvalue weighted by atomic mass is 9.92. The summed E-state index contributed by atoms with van der Waals surface area (Å²) in [4.78, 5) is 3.55. The van der Waals surface area contributed by atoms with Crippen molar-refractivity contribution in [3.8, 4) is 0 Å². The van der Waals surface area contributed by atoms with Crippen molar-refractivity contribution in [2.75, 3.05) is 6.54 Å². The van der Waals surface area contributed by atoms with Crippen LogP contribution in [0.4, 0.5) is 0 Å². The zero-order valence-corrected chi connectivity index (χ0v) is 15.3. The Hall–Kier alpha value is -1.44. The molecule has 6 nitrogen and oxygen atoms in total. The van der Waals surface area contributed by atoms with Crippen LogP contribution >= 0.6 is 0 Å². The number of aliphatic hydroxyl groups excluding tert-OH is 1. The van der Waals surface area contributed by atoms with E-state index in [1.54, 1.807) is 0 Å². The molecule has 5 atom stereocenters. The summed E-state index contributed by atoms with van der Waals surface area (Å²) in [6, 6.07) is 8.29. The van der Waals surface area contributed by atoms with Crippen molar-refractivity contribution in [2.24, 2.45) is 0 Å². The molecule has 2 saturated heterocycles. The van der Waals surface area contributed by atoms with Gasteiger partial charge in [0.1, 0.15) is 18.3 Å². The van der Waals surface area contributed by atoms with E-state index in [0.717, 1.165) is 49.9 Å². The minimum atomic E-state index is -0.703. The maximum atomic E-state index is 11.0. The molecule has 6 rings (SSSR count). The number of aliphatic hydroxyl groups is 1. The summed E-state index contributed by atoms with van der Waals surface area (Å²) in [7, 11) is 0. The van der Waals surface area contributed by atoms with Gasteiger partial charge in [-0.25, -0.2) is 0 Å². The molecular formula is C21H26N2O4. The van der Waals surface area contributed by atoms with Gasteiger partial charge in [-0.05, 0) is 37.4 Å². The summed E-state index contributed by atoms with van der Waals surface area (Å²) in [5.74, 6) is -0.536. The molecule has 1 spiro atoms. The first-order chi connectivity index (χ1) is 13.2. The van der Waals surface area contributed by atoms with Gasteiger partial charge in [0, 0.05) is 29.4 Å². The van der Waals surface area contributed by atoms with Gasteiger partial charge < -0.3 is 29.6 Å². The molecule has 4 heterocycles. The van der Waals surface area contributed by atoms with E-state index in [2.05, 4.69) is 28.5 Å². The average Bonchev–Trinajstić information content (AvgIpc) is 3.33. The third-order valence-electron chi connectivity index (χ3n) is 6.76. The summed E-state index contributed by atoms with van der Waals surface area (Å²) in [6.07, 6.45) is 4.27. The van der Waals surface area contributed by atoms with Crippen LogP contribution in [0.25, 0.3) is 10.9 Å². The normalized spacial score (nSPS) is 37.6. The lowest BCUT2D eigenvalue weighted by molar-refractivity contribution is -0.248. The third kappa shape index (κ3) is 2.44. The number of ether oxygens (including phenoxy) is 3. The van der Waals surface area contributed by atoms with E-state index >= 15 is 0 Å². The molecule has 3 aliphatic heterocycles. The molecule has 1 aliphatic carbocycles. The Morgan fingerprint density at radius 3 is 2.74 bits per heavy atom. The molecule has 0 amide bonds. The number of aromatic amines is 1. The van der Waals surface area contributed by atoms with Crippen LogP contribution in [0.5, 0.6) is 0 Å². The molecule has 0 bridgehead atoms. The van der Waals surface area contributed by atoms with Crippen LogP contribution in [0, 0.1) is 0 Å². The Morgan fingerprint density at radius 1 is 1.04 bits per heavy atom. The van der Waals surface area contributed by atoms with E-state index in [1.165, 1.54) is 17.4 Å². The Balaban J connectivity index is 1.29. The number of H-pyrrole nitrogens is 1. The predicted octanol–water partition coefficient (Wildman–Crippen LogP) is 2.52. The third-order valence-corrected chi connectivity index (χ3v) is 6.76. The molecule has 27 heavy (non-hydrogen) atoms. The number of hydrogen-bond donors (Lipinski definition) is 3. The topological polar surface area (TPSA) is 75.7 Å². The van der Waals surface area contributed by atoms with Crippen molar-refractivity contribution in [1.82, 2.24) is 10.3 Å². The summed E-state index contributed by atoms with van der Waals surface area (Å²) in [6.45, 7) is 0.868. The number of hydrogen-bond acceptors (Lipinski definition) is 5. The first kappa shape index (κ1) is 16.5. The fraction of sp³-hybridized carbons (Fsp3) is 0.619. The number of aromatic nitrogens is 1. The van der Waals surface area contributed by atoms with Crippen molar-refractivity contribution >= 4 is 10.9 Å². The average molecular weight is 370 g/mol. The van der Waals surface area contributed by atoms with Crippen LogP contribution in [-0.2, 0) is 20.6 Å². The predicted molar refractivity (Wildman–Crippen MR) is 99.2 cm³/mol. The minimum absolute atomic E-state index is 0.0868. The number of para-hydroxylation sites is 1. The largest absolute Gasteiger partial charge is 0.387 e. The second-order valence-electron chi connectivity index (χ2n) is 8.38. The van der Waals surface area contributed by atoms with Gasteiger partial charge in [-0.2, -0.15) is 0 Å². The molecular weight excluding hydrogens is 344 g/mol. The monoisotopic (exact) mass is 370 g/mol. The van der Waals surface area contributed by atoms with Gasteiger partial charge in [0.25, 0.3) is 0 Å². The second kappa shape index (κ2) is 6.03. The van der Waals surface area contributed by atoms with Gasteiger partial charge >= 0.3 is 0 Å². The highest BCUT2D eigenvalue weighted by atomic mass is 16.8. The zero-order chi connectivity index (χ0) is 18.0. The standard InChI is InChI=1S/C21H26N2O4/c24-17-18(25-20-19(17)26-21(27-20)9-4-1-5-10-21)16-15-13(8-11-22-16)12-6-2-3-7-14(12)23-15/h2-3,6-7,16-20,22-24H,1,4-5,8-11H2/t16?,17-,18+,19+,20+/m0/s1. The zero-order valence-electron chi connectivity index (χ0n) is 15.3. The highest BCUT2D eigenvalue weighted by Gasteiger charge is 2.59. The highest BCUT2D eigenvalue weighted by molar-refractivity contribution is 5.85. The van der Waals surface area contributed by atoms with Gasteiger partial charge in [-0.3, -0.25) is 0 Å². The van der Waals surface area contributed by atoms with Gasteiger partial charge in [0.2, 0.25) is 0 Å². The van der Waals surface area contributed by atoms with E-state index in [-0.39, 0.29) is 12.1 Å². The molecule has 2 aromatic rings. The summed E-state index contributed by atoms with van der Waals surface area (Å²) < 4.78 is 18.7. The van der Waals surface area contributed by atoms with Crippen LogP contribution < -0.4 is 5.32 Å². The highest BCUT2D eigenvalue weighted by Crippen LogP contribution is 2.47. The van der Waals surface area contributed by atoms with E-state index in [4.69, 9.17) is 14.2 Å². The van der Waals surface area contributed by atoms with E-state index in [1.807, 2.05) is 6.07 Å². The molecule has 1 unspecified atom stereocenters. The Morgan fingerprint density at radius 2 is 1.89 bits per heavy atom. The number of fused-ring (bicyclic) bond motifs is 4. The van der Waals surface area contributed by atoms with Gasteiger partial charge in [0.15, 0.2) is 12.1 Å². The molecule has 3 fully saturated rings. The second-order valence-corrected chi connectivity index (χ2v) is 8.38. The lowest BCUT2D eigenvalue weighted by Gasteiger charge is -2.35. The summed E-state index contributed by atoms with van der Waals surface area (Å²) in [5.41, 5.74) is 3.59. The number of rotatable bonds is 1. The molecule has 4 aliphatic rings. The maximum absolute atomic E-state index is 11.0. The first-order valence-corrected chi connectivity index (χ1v) is 10.3.